The van der Waals surface area contributed by atoms with Crippen LogP contribution in [0.4, 0.5) is 0 Å². The fourth-order valence-corrected chi connectivity index (χ4v) is 3.54. The molecule has 0 saturated carbocycles. The molecule has 0 radical (unpaired) electrons. The van der Waals surface area contributed by atoms with Crippen LogP contribution in [-0.4, -0.2) is 38.0 Å². The van der Waals surface area contributed by atoms with Crippen LogP contribution in [0.15, 0.2) is 84.9 Å². The second-order valence-electron chi connectivity index (χ2n) is 7.20. The molecule has 0 atom stereocenters. The van der Waals surface area contributed by atoms with Crippen LogP contribution in [-0.2, 0) is 0 Å². The summed E-state index contributed by atoms with van der Waals surface area (Å²) in [6.45, 7) is 1.54. The number of benzene rings is 3. The Hall–Kier alpha value is -2.55. The highest BCUT2D eigenvalue weighted by Gasteiger charge is 2.14. The number of allylic oxidation sites excluding steroid dienone is 1. The van der Waals surface area contributed by atoms with Crippen molar-refractivity contribution < 1.29 is 4.74 Å². The number of likely N-dealkylation sites (N-methyl/N-ethyl adjacent to an activating group) is 1. The van der Waals surface area contributed by atoms with Gasteiger partial charge < -0.3 is 9.64 Å². The largest absolute Gasteiger partial charge is 0.492 e. The summed E-state index contributed by atoms with van der Waals surface area (Å²) in [6.07, 6.45) is 0.793. The smallest absolute Gasteiger partial charge is 0.119 e. The van der Waals surface area contributed by atoms with E-state index in [1.54, 1.807) is 0 Å². The Kier molecular flexibility index (Phi) is 7.92. The molecule has 0 saturated heterocycles. The lowest BCUT2D eigenvalue weighted by Gasteiger charge is -2.18. The van der Waals surface area contributed by atoms with Gasteiger partial charge in [0.15, 0.2) is 0 Å². The van der Waals surface area contributed by atoms with Gasteiger partial charge in [0.05, 0.1) is 0 Å². The molecule has 3 heteroatoms. The monoisotopic (exact) mass is 405 g/mol. The van der Waals surface area contributed by atoms with Crippen LogP contribution >= 0.6 is 11.6 Å². The maximum atomic E-state index is 6.23. The minimum Gasteiger partial charge on any atom is -0.492 e. The van der Waals surface area contributed by atoms with Crippen molar-refractivity contribution in [3.63, 3.8) is 0 Å². The minimum absolute atomic E-state index is 0.569. The molecular formula is C26H28ClNO. The molecule has 0 N–H and O–H groups in total. The van der Waals surface area contributed by atoms with E-state index in [9.17, 15) is 0 Å². The van der Waals surface area contributed by atoms with Crippen molar-refractivity contribution in [3.05, 3.63) is 102 Å². The molecule has 0 fully saturated rings. The van der Waals surface area contributed by atoms with E-state index in [0.29, 0.717) is 12.5 Å². The van der Waals surface area contributed by atoms with E-state index in [0.717, 1.165) is 24.3 Å². The zero-order chi connectivity index (χ0) is 20.5. The number of halogens is 1. The lowest BCUT2D eigenvalue weighted by atomic mass is 9.88. The highest BCUT2D eigenvalue weighted by molar-refractivity contribution is 6.18. The third-order valence-electron chi connectivity index (χ3n) is 4.76. The van der Waals surface area contributed by atoms with Gasteiger partial charge in [0.1, 0.15) is 12.4 Å². The summed E-state index contributed by atoms with van der Waals surface area (Å²) in [7, 11) is 4.10. The molecule has 0 aliphatic rings. The Balaban J connectivity index is 2.09. The summed E-state index contributed by atoms with van der Waals surface area (Å²) in [6, 6.07) is 29.4. The predicted molar refractivity (Wildman–Crippen MR) is 125 cm³/mol. The van der Waals surface area contributed by atoms with E-state index in [-0.39, 0.29) is 0 Å². The van der Waals surface area contributed by atoms with Crippen molar-refractivity contribution in [2.75, 3.05) is 33.1 Å². The maximum Gasteiger partial charge on any atom is 0.119 e. The first-order chi connectivity index (χ1) is 14.2. The Morgan fingerprint density at radius 3 is 2.03 bits per heavy atom. The Morgan fingerprint density at radius 2 is 1.41 bits per heavy atom. The Morgan fingerprint density at radius 1 is 0.793 bits per heavy atom. The molecule has 0 amide bonds. The molecule has 0 aliphatic carbocycles. The number of rotatable bonds is 9. The van der Waals surface area contributed by atoms with Gasteiger partial charge in [0, 0.05) is 12.4 Å². The highest BCUT2D eigenvalue weighted by atomic mass is 35.5. The minimum atomic E-state index is 0.569. The lowest BCUT2D eigenvalue weighted by Crippen LogP contribution is -2.19. The summed E-state index contributed by atoms with van der Waals surface area (Å²) >= 11 is 6.23. The fraction of sp³-hybridized carbons (Fsp3) is 0.231. The zero-order valence-electron chi connectivity index (χ0n) is 17.1. The van der Waals surface area contributed by atoms with Crippen LogP contribution in [0.1, 0.15) is 23.1 Å². The Labute approximate surface area is 179 Å². The van der Waals surface area contributed by atoms with Crippen LogP contribution in [0.3, 0.4) is 0 Å². The summed E-state index contributed by atoms with van der Waals surface area (Å²) in [5, 5.41) is 0. The predicted octanol–water partition coefficient (Wildman–Crippen LogP) is 6.22. The zero-order valence-corrected chi connectivity index (χ0v) is 17.9. The topological polar surface area (TPSA) is 12.5 Å². The van der Waals surface area contributed by atoms with E-state index in [4.69, 9.17) is 16.3 Å². The molecule has 150 valence electrons. The molecule has 3 aromatic carbocycles. The number of hydrogen-bond donors (Lipinski definition) is 0. The van der Waals surface area contributed by atoms with E-state index < -0.39 is 0 Å². The van der Waals surface area contributed by atoms with Crippen LogP contribution < -0.4 is 4.74 Å². The molecule has 2 nitrogen and oxygen atoms in total. The van der Waals surface area contributed by atoms with Gasteiger partial charge in [-0.2, -0.15) is 0 Å². The first kappa shape index (κ1) is 21.2. The molecule has 29 heavy (non-hydrogen) atoms. The van der Waals surface area contributed by atoms with E-state index in [2.05, 4.69) is 71.6 Å². The number of alkyl halides is 1. The van der Waals surface area contributed by atoms with Crippen molar-refractivity contribution in [2.45, 2.75) is 6.42 Å². The molecule has 3 rings (SSSR count). The third-order valence-corrected chi connectivity index (χ3v) is 4.95. The third kappa shape index (κ3) is 5.96. The first-order valence-electron chi connectivity index (χ1n) is 9.97. The van der Waals surface area contributed by atoms with Gasteiger partial charge in [0.2, 0.25) is 0 Å². The average molecular weight is 406 g/mol. The van der Waals surface area contributed by atoms with Gasteiger partial charge in [-0.25, -0.2) is 0 Å². The normalized spacial score (nSPS) is 12.0. The van der Waals surface area contributed by atoms with Gasteiger partial charge in [-0.3, -0.25) is 0 Å². The van der Waals surface area contributed by atoms with Gasteiger partial charge in [-0.15, -0.1) is 11.6 Å². The van der Waals surface area contributed by atoms with Crippen molar-refractivity contribution >= 4 is 22.7 Å². The molecular weight excluding hydrogens is 378 g/mol. The fourth-order valence-electron chi connectivity index (χ4n) is 3.35. The van der Waals surface area contributed by atoms with Gasteiger partial charge >= 0.3 is 0 Å². The Bertz CT molecular complexity index is 920. The van der Waals surface area contributed by atoms with Crippen LogP contribution in [0.2, 0.25) is 0 Å². The van der Waals surface area contributed by atoms with Crippen LogP contribution in [0.5, 0.6) is 5.75 Å². The molecule has 0 heterocycles. The number of hydrogen-bond acceptors (Lipinski definition) is 2. The molecule has 0 aromatic heterocycles. The highest BCUT2D eigenvalue weighted by Crippen LogP contribution is 2.35. The van der Waals surface area contributed by atoms with Crippen molar-refractivity contribution in [2.24, 2.45) is 0 Å². The second-order valence-corrected chi connectivity index (χ2v) is 7.58. The second kappa shape index (κ2) is 10.8. The number of nitrogens with zero attached hydrogens (tertiary/aromatic N) is 1. The lowest BCUT2D eigenvalue weighted by molar-refractivity contribution is 0.261. The van der Waals surface area contributed by atoms with Crippen LogP contribution in [0.25, 0.3) is 11.1 Å². The van der Waals surface area contributed by atoms with E-state index in [1.807, 2.05) is 32.3 Å². The quantitative estimate of drug-likeness (QED) is 0.309. The van der Waals surface area contributed by atoms with Gasteiger partial charge in [-0.05, 0) is 60.5 Å². The molecule has 3 aromatic rings. The molecule has 0 unspecified atom stereocenters. The standard InChI is InChI=1S/C26H28ClNO/c1-28(2)18-19-29-24-15-9-14-23(20-24)26(22-12-7-4-8-13-22)25(16-17-27)21-10-5-3-6-11-21/h3-15,20H,16-19H2,1-2H3/b26-25-. The summed E-state index contributed by atoms with van der Waals surface area (Å²) in [4.78, 5) is 2.12. The van der Waals surface area contributed by atoms with E-state index >= 15 is 0 Å². The van der Waals surface area contributed by atoms with Crippen LogP contribution in [0, 0.1) is 0 Å². The first-order valence-corrected chi connectivity index (χ1v) is 10.5. The summed E-state index contributed by atoms with van der Waals surface area (Å²) < 4.78 is 6.00. The average Bonchev–Trinajstić information content (AvgIpc) is 2.75. The maximum absolute atomic E-state index is 6.23. The summed E-state index contributed by atoms with van der Waals surface area (Å²) in [5.41, 5.74) is 5.98. The SMILES string of the molecule is CN(C)CCOc1cccc(/C(=C(/CCCl)c2ccccc2)c2ccccc2)c1. The van der Waals surface area contributed by atoms with Crippen molar-refractivity contribution in [1.82, 2.24) is 4.90 Å². The van der Waals surface area contributed by atoms with Crippen molar-refractivity contribution in [3.8, 4) is 5.75 Å². The van der Waals surface area contributed by atoms with E-state index in [1.165, 1.54) is 22.3 Å². The molecule has 0 bridgehead atoms. The van der Waals surface area contributed by atoms with Gasteiger partial charge in [0.25, 0.3) is 0 Å². The molecule has 0 spiro atoms. The number of ether oxygens (including phenoxy) is 1. The van der Waals surface area contributed by atoms with Gasteiger partial charge in [-0.1, -0.05) is 72.8 Å². The van der Waals surface area contributed by atoms with Crippen molar-refractivity contribution in [1.29, 1.82) is 0 Å². The molecule has 0 aliphatic heterocycles. The summed E-state index contributed by atoms with van der Waals surface area (Å²) in [5.74, 6) is 1.45.